The van der Waals surface area contributed by atoms with Crippen molar-refractivity contribution in [1.82, 2.24) is 10.6 Å². The van der Waals surface area contributed by atoms with Gasteiger partial charge in [0.25, 0.3) is 0 Å². The third-order valence-corrected chi connectivity index (χ3v) is 2.73. The minimum atomic E-state index is 0.258. The molecule has 0 atom stereocenters. The fourth-order valence-electron chi connectivity index (χ4n) is 0.875. The van der Waals surface area contributed by atoms with Crippen LogP contribution in [0.3, 0.4) is 0 Å². The van der Waals surface area contributed by atoms with E-state index in [2.05, 4.69) is 38.3 Å². The van der Waals surface area contributed by atoms with Crippen molar-refractivity contribution in [1.29, 1.82) is 0 Å². The molecular formula is C10H24N2. The molecule has 0 saturated heterocycles. The lowest BCUT2D eigenvalue weighted by molar-refractivity contribution is 0.305. The van der Waals surface area contributed by atoms with Gasteiger partial charge in [-0.1, -0.05) is 0 Å². The summed E-state index contributed by atoms with van der Waals surface area (Å²) >= 11 is 0. The van der Waals surface area contributed by atoms with E-state index in [9.17, 15) is 0 Å². The van der Waals surface area contributed by atoms with Crippen LogP contribution in [-0.2, 0) is 0 Å². The largest absolute Gasteiger partial charge is 0.315 e. The Balaban J connectivity index is 3.82. The highest BCUT2D eigenvalue weighted by atomic mass is 14.9. The molecule has 0 aromatic rings. The molecule has 0 heterocycles. The Kier molecular flexibility index (Phi) is 4.21. The lowest BCUT2D eigenvalue weighted by atomic mass is 9.90. The molecular weight excluding hydrogens is 148 g/mol. The number of hydrogen-bond acceptors (Lipinski definition) is 2. The molecule has 2 nitrogen and oxygen atoms in total. The predicted molar refractivity (Wildman–Crippen MR) is 55.5 cm³/mol. The average molecular weight is 172 g/mol. The molecule has 0 rings (SSSR count). The van der Waals surface area contributed by atoms with Crippen molar-refractivity contribution in [2.75, 3.05) is 14.1 Å². The number of hydrogen-bond donors (Lipinski definition) is 2. The van der Waals surface area contributed by atoms with Crippen LogP contribution < -0.4 is 10.6 Å². The molecule has 0 unspecified atom stereocenters. The molecule has 2 heteroatoms. The SMILES string of the molecule is CNC(C)(C)CCC(C)(C)NC. The number of rotatable bonds is 5. The first kappa shape index (κ1) is 11.9. The summed E-state index contributed by atoms with van der Waals surface area (Å²) in [6, 6.07) is 0. The van der Waals surface area contributed by atoms with Crippen LogP contribution in [0.15, 0.2) is 0 Å². The molecule has 2 N–H and O–H groups in total. The van der Waals surface area contributed by atoms with E-state index in [4.69, 9.17) is 0 Å². The molecule has 0 amide bonds. The summed E-state index contributed by atoms with van der Waals surface area (Å²) in [6.07, 6.45) is 2.38. The van der Waals surface area contributed by atoms with Gasteiger partial charge in [0.2, 0.25) is 0 Å². The van der Waals surface area contributed by atoms with Gasteiger partial charge in [-0.2, -0.15) is 0 Å². The molecule has 0 aliphatic carbocycles. The van der Waals surface area contributed by atoms with Crippen LogP contribution in [0.1, 0.15) is 40.5 Å². The average Bonchev–Trinajstić information content (AvgIpc) is 2.02. The third kappa shape index (κ3) is 4.73. The Labute approximate surface area is 77.1 Å². The molecule has 0 spiro atoms. The van der Waals surface area contributed by atoms with Gasteiger partial charge in [0.15, 0.2) is 0 Å². The van der Waals surface area contributed by atoms with Gasteiger partial charge in [-0.15, -0.1) is 0 Å². The molecule has 0 fully saturated rings. The maximum atomic E-state index is 3.31. The highest BCUT2D eigenvalue weighted by molar-refractivity contribution is 4.82. The van der Waals surface area contributed by atoms with Crippen LogP contribution in [0.2, 0.25) is 0 Å². The van der Waals surface area contributed by atoms with E-state index in [0.717, 1.165) is 0 Å². The van der Waals surface area contributed by atoms with Crippen molar-refractivity contribution in [2.45, 2.75) is 51.6 Å². The quantitative estimate of drug-likeness (QED) is 0.660. The molecule has 0 saturated carbocycles. The fourth-order valence-corrected chi connectivity index (χ4v) is 0.875. The summed E-state index contributed by atoms with van der Waals surface area (Å²) in [7, 11) is 4.04. The lowest BCUT2D eigenvalue weighted by Gasteiger charge is -2.30. The first-order chi connectivity index (χ1) is 5.33. The smallest absolute Gasteiger partial charge is 0.0122 e. The molecule has 0 aliphatic heterocycles. The summed E-state index contributed by atoms with van der Waals surface area (Å²) in [5.41, 5.74) is 0.516. The molecule has 0 aromatic heterocycles. The minimum Gasteiger partial charge on any atom is -0.315 e. The van der Waals surface area contributed by atoms with Gasteiger partial charge < -0.3 is 10.6 Å². The molecule has 0 aliphatic rings. The minimum absolute atomic E-state index is 0.258. The summed E-state index contributed by atoms with van der Waals surface area (Å²) in [5.74, 6) is 0. The Hall–Kier alpha value is -0.0800. The molecule has 0 bridgehead atoms. The van der Waals surface area contributed by atoms with E-state index >= 15 is 0 Å². The first-order valence-corrected chi connectivity index (χ1v) is 4.71. The second kappa shape index (κ2) is 4.24. The summed E-state index contributed by atoms with van der Waals surface area (Å²) in [4.78, 5) is 0. The van der Waals surface area contributed by atoms with Gasteiger partial charge in [-0.05, 0) is 54.6 Å². The summed E-state index contributed by atoms with van der Waals surface area (Å²) in [5, 5.41) is 6.62. The van der Waals surface area contributed by atoms with Gasteiger partial charge in [0.05, 0.1) is 0 Å². The van der Waals surface area contributed by atoms with Gasteiger partial charge >= 0.3 is 0 Å². The van der Waals surface area contributed by atoms with Crippen LogP contribution in [0.4, 0.5) is 0 Å². The van der Waals surface area contributed by atoms with Crippen molar-refractivity contribution in [3.05, 3.63) is 0 Å². The Morgan fingerprint density at radius 1 is 0.750 bits per heavy atom. The van der Waals surface area contributed by atoms with E-state index in [-0.39, 0.29) is 11.1 Å². The Morgan fingerprint density at radius 3 is 1.17 bits per heavy atom. The predicted octanol–water partition coefficient (Wildman–Crippen LogP) is 1.76. The highest BCUT2D eigenvalue weighted by Crippen LogP contribution is 2.17. The summed E-state index contributed by atoms with van der Waals surface area (Å²) in [6.45, 7) is 8.94. The van der Waals surface area contributed by atoms with E-state index in [0.29, 0.717) is 0 Å². The second-order valence-electron chi connectivity index (χ2n) is 4.77. The van der Waals surface area contributed by atoms with Crippen molar-refractivity contribution < 1.29 is 0 Å². The van der Waals surface area contributed by atoms with Crippen molar-refractivity contribution in [2.24, 2.45) is 0 Å². The van der Waals surface area contributed by atoms with Crippen LogP contribution in [0, 0.1) is 0 Å². The standard InChI is InChI=1S/C10H24N2/c1-9(2,11-5)7-8-10(3,4)12-6/h11-12H,7-8H2,1-6H3. The Bertz CT molecular complexity index is 112. The lowest BCUT2D eigenvalue weighted by Crippen LogP contribution is -2.42. The van der Waals surface area contributed by atoms with Gasteiger partial charge in [-0.3, -0.25) is 0 Å². The summed E-state index contributed by atoms with van der Waals surface area (Å²) < 4.78 is 0. The zero-order chi connectivity index (χ0) is 9.83. The van der Waals surface area contributed by atoms with E-state index in [1.807, 2.05) is 14.1 Å². The highest BCUT2D eigenvalue weighted by Gasteiger charge is 2.21. The zero-order valence-electron chi connectivity index (χ0n) is 9.41. The van der Waals surface area contributed by atoms with Crippen molar-refractivity contribution in [3.8, 4) is 0 Å². The molecule has 0 radical (unpaired) electrons. The van der Waals surface area contributed by atoms with Crippen molar-refractivity contribution >= 4 is 0 Å². The Morgan fingerprint density at radius 2 is 1.00 bits per heavy atom. The second-order valence-corrected chi connectivity index (χ2v) is 4.77. The van der Waals surface area contributed by atoms with E-state index in [1.165, 1.54) is 12.8 Å². The monoisotopic (exact) mass is 172 g/mol. The molecule has 12 heavy (non-hydrogen) atoms. The topological polar surface area (TPSA) is 24.1 Å². The maximum absolute atomic E-state index is 3.31. The number of nitrogens with one attached hydrogen (secondary N) is 2. The van der Waals surface area contributed by atoms with Gasteiger partial charge in [-0.25, -0.2) is 0 Å². The van der Waals surface area contributed by atoms with Crippen LogP contribution >= 0.6 is 0 Å². The molecule has 74 valence electrons. The maximum Gasteiger partial charge on any atom is 0.0122 e. The van der Waals surface area contributed by atoms with Gasteiger partial charge in [0.1, 0.15) is 0 Å². The van der Waals surface area contributed by atoms with Gasteiger partial charge in [0, 0.05) is 11.1 Å². The van der Waals surface area contributed by atoms with E-state index < -0.39 is 0 Å². The third-order valence-electron chi connectivity index (χ3n) is 2.73. The molecule has 0 aromatic carbocycles. The first-order valence-electron chi connectivity index (χ1n) is 4.71. The van der Waals surface area contributed by atoms with Crippen LogP contribution in [0.25, 0.3) is 0 Å². The zero-order valence-corrected chi connectivity index (χ0v) is 9.41. The van der Waals surface area contributed by atoms with Crippen LogP contribution in [-0.4, -0.2) is 25.2 Å². The van der Waals surface area contributed by atoms with Crippen molar-refractivity contribution in [3.63, 3.8) is 0 Å². The normalized spacial score (nSPS) is 13.5. The van der Waals surface area contributed by atoms with E-state index in [1.54, 1.807) is 0 Å². The fraction of sp³-hybridized carbons (Fsp3) is 1.00. The van der Waals surface area contributed by atoms with Crippen LogP contribution in [0.5, 0.6) is 0 Å².